The number of hydrogen-bond acceptors (Lipinski definition) is 5. The third-order valence-electron chi connectivity index (χ3n) is 7.14. The second kappa shape index (κ2) is 11.1. The number of nitro benzene ring substituents is 1. The van der Waals surface area contributed by atoms with Crippen molar-refractivity contribution in [1.82, 2.24) is 9.80 Å². The summed E-state index contributed by atoms with van der Waals surface area (Å²) < 4.78 is 0. The maximum absolute atomic E-state index is 13.8. The van der Waals surface area contributed by atoms with Crippen LogP contribution < -0.4 is 0 Å². The maximum Gasteiger partial charge on any atom is 0.273 e. The van der Waals surface area contributed by atoms with Crippen molar-refractivity contribution < 1.29 is 14.5 Å². The molecule has 2 amide bonds. The van der Waals surface area contributed by atoms with Crippen LogP contribution in [-0.2, 0) is 16.6 Å². The average molecular weight is 534 g/mol. The highest BCUT2D eigenvalue weighted by atomic mass is 32.1. The molecule has 1 aromatic heterocycles. The van der Waals surface area contributed by atoms with Gasteiger partial charge in [-0.25, -0.2) is 0 Å². The van der Waals surface area contributed by atoms with Crippen LogP contribution in [0.4, 0.5) is 5.69 Å². The molecule has 8 heteroatoms. The molecule has 1 atom stereocenters. The van der Waals surface area contributed by atoms with Gasteiger partial charge in [-0.15, -0.1) is 11.3 Å². The van der Waals surface area contributed by atoms with Gasteiger partial charge in [0.1, 0.15) is 6.54 Å². The van der Waals surface area contributed by atoms with E-state index in [0.29, 0.717) is 25.1 Å². The van der Waals surface area contributed by atoms with E-state index in [1.54, 1.807) is 30.4 Å². The van der Waals surface area contributed by atoms with Crippen LogP contribution in [0.5, 0.6) is 0 Å². The van der Waals surface area contributed by atoms with Gasteiger partial charge < -0.3 is 9.80 Å². The molecule has 0 spiro atoms. The minimum absolute atomic E-state index is 0.0280. The summed E-state index contributed by atoms with van der Waals surface area (Å²) in [7, 11) is 0. The number of amides is 2. The predicted molar refractivity (Wildman–Crippen MR) is 151 cm³/mol. The first kappa shape index (κ1) is 27.5. The Morgan fingerprint density at radius 2 is 1.84 bits per heavy atom. The molecule has 1 unspecified atom stereocenters. The van der Waals surface area contributed by atoms with E-state index in [-0.39, 0.29) is 41.1 Å². The fraction of sp³-hybridized carbons (Fsp3) is 0.400. The van der Waals surface area contributed by atoms with Gasteiger partial charge in [0.05, 0.1) is 11.0 Å². The van der Waals surface area contributed by atoms with Gasteiger partial charge in [0.2, 0.25) is 5.91 Å². The lowest BCUT2D eigenvalue weighted by molar-refractivity contribution is -0.385. The second-order valence-corrected chi connectivity index (χ2v) is 11.9. The van der Waals surface area contributed by atoms with Gasteiger partial charge in [-0.3, -0.25) is 19.7 Å². The van der Waals surface area contributed by atoms with E-state index >= 15 is 0 Å². The third-order valence-corrected chi connectivity index (χ3v) is 8.13. The first-order valence-corrected chi connectivity index (χ1v) is 13.9. The molecule has 0 N–H and O–H groups in total. The van der Waals surface area contributed by atoms with Gasteiger partial charge in [0.15, 0.2) is 0 Å². The summed E-state index contributed by atoms with van der Waals surface area (Å²) in [5.41, 5.74) is 4.06. The maximum atomic E-state index is 13.8. The lowest BCUT2D eigenvalue weighted by atomic mass is 9.85. The summed E-state index contributed by atoms with van der Waals surface area (Å²) in [4.78, 5) is 42.9. The van der Waals surface area contributed by atoms with E-state index in [9.17, 15) is 19.7 Å². The van der Waals surface area contributed by atoms with Gasteiger partial charge in [-0.1, -0.05) is 58.0 Å². The molecule has 2 aromatic carbocycles. The second-order valence-electron chi connectivity index (χ2n) is 10.9. The Morgan fingerprint density at radius 1 is 1.13 bits per heavy atom. The number of rotatable bonds is 7. The lowest BCUT2D eigenvalue weighted by Gasteiger charge is -2.38. The highest BCUT2D eigenvalue weighted by Crippen LogP contribution is 2.38. The molecule has 2 heterocycles. The van der Waals surface area contributed by atoms with Gasteiger partial charge >= 0.3 is 0 Å². The van der Waals surface area contributed by atoms with Gasteiger partial charge in [0, 0.05) is 35.2 Å². The fourth-order valence-electron chi connectivity index (χ4n) is 5.01. The van der Waals surface area contributed by atoms with Crippen LogP contribution in [0.1, 0.15) is 77.6 Å². The smallest absolute Gasteiger partial charge is 0.273 e. The summed E-state index contributed by atoms with van der Waals surface area (Å²) in [5.74, 6) is -0.502. The van der Waals surface area contributed by atoms with Crippen LogP contribution in [0.3, 0.4) is 0 Å². The molecule has 0 saturated heterocycles. The van der Waals surface area contributed by atoms with Crippen LogP contribution in [0, 0.1) is 17.0 Å². The van der Waals surface area contributed by atoms with E-state index < -0.39 is 4.92 Å². The highest BCUT2D eigenvalue weighted by Gasteiger charge is 2.34. The summed E-state index contributed by atoms with van der Waals surface area (Å²) in [6.45, 7) is 11.0. The first-order valence-electron chi connectivity index (χ1n) is 13.0. The van der Waals surface area contributed by atoms with E-state index in [0.717, 1.165) is 17.5 Å². The average Bonchev–Trinajstić information content (AvgIpc) is 3.36. The van der Waals surface area contributed by atoms with E-state index in [2.05, 4.69) is 56.5 Å². The number of benzene rings is 2. The molecule has 0 radical (unpaired) electrons. The molecule has 1 aliphatic rings. The number of fused-ring (bicyclic) bond motifs is 1. The van der Waals surface area contributed by atoms with Crippen molar-refractivity contribution in [2.75, 3.05) is 19.6 Å². The highest BCUT2D eigenvalue weighted by molar-refractivity contribution is 7.10. The Labute approximate surface area is 228 Å². The summed E-state index contributed by atoms with van der Waals surface area (Å²) >= 11 is 1.72. The summed E-state index contributed by atoms with van der Waals surface area (Å²) in [6.07, 6.45) is 1.44. The molecule has 0 fully saturated rings. The molecule has 0 bridgehead atoms. The zero-order valence-corrected chi connectivity index (χ0v) is 23.5. The molecule has 1 aliphatic heterocycles. The zero-order chi connectivity index (χ0) is 27.6. The number of nitrogens with zero attached hydrogens (tertiary/aromatic N) is 3. The standard InChI is InChI=1S/C30H35N3O4S/c1-6-15-31(29(35)22-8-7-20(2)25(18-22)33(36)37)19-27(34)32-16-13-26-24(14-17-38-26)28(32)21-9-11-23(12-10-21)30(3,4)5/h7-12,14,17-18,28H,6,13,15-16,19H2,1-5H3. The Hall–Kier alpha value is -3.52. The van der Waals surface area contributed by atoms with E-state index in [4.69, 9.17) is 0 Å². The topological polar surface area (TPSA) is 83.8 Å². The number of hydrogen-bond donors (Lipinski definition) is 0. The number of nitro groups is 1. The van der Waals surface area contributed by atoms with Crippen molar-refractivity contribution in [3.8, 4) is 0 Å². The molecule has 0 saturated carbocycles. The Kier molecular flexibility index (Phi) is 8.02. The van der Waals surface area contributed by atoms with Crippen molar-refractivity contribution in [3.05, 3.63) is 96.7 Å². The largest absolute Gasteiger partial charge is 0.330 e. The monoisotopic (exact) mass is 533 g/mol. The quantitative estimate of drug-likeness (QED) is 0.264. The molecular formula is C30H35N3O4S. The van der Waals surface area contributed by atoms with Crippen molar-refractivity contribution in [2.45, 2.75) is 58.9 Å². The van der Waals surface area contributed by atoms with Crippen LogP contribution in [0.25, 0.3) is 0 Å². The number of aryl methyl sites for hydroxylation is 1. The normalized spacial score (nSPS) is 15.2. The molecular weight excluding hydrogens is 498 g/mol. The molecule has 200 valence electrons. The van der Waals surface area contributed by atoms with Crippen molar-refractivity contribution in [2.24, 2.45) is 0 Å². The van der Waals surface area contributed by atoms with Crippen molar-refractivity contribution in [3.63, 3.8) is 0 Å². The molecule has 3 aromatic rings. The Morgan fingerprint density at radius 3 is 2.47 bits per heavy atom. The number of thiophene rings is 1. The van der Waals surface area contributed by atoms with Crippen molar-refractivity contribution in [1.29, 1.82) is 0 Å². The Balaban J connectivity index is 1.62. The molecule has 4 rings (SSSR count). The molecule has 38 heavy (non-hydrogen) atoms. The van der Waals surface area contributed by atoms with Crippen molar-refractivity contribution >= 4 is 28.8 Å². The summed E-state index contributed by atoms with van der Waals surface area (Å²) in [5, 5.41) is 13.5. The van der Waals surface area contributed by atoms with E-state index in [1.807, 2.05) is 11.8 Å². The van der Waals surface area contributed by atoms with Crippen LogP contribution >= 0.6 is 11.3 Å². The summed E-state index contributed by atoms with van der Waals surface area (Å²) in [6, 6.07) is 14.9. The van der Waals surface area contributed by atoms with Crippen LogP contribution in [0.15, 0.2) is 53.9 Å². The molecule has 7 nitrogen and oxygen atoms in total. The minimum Gasteiger partial charge on any atom is -0.330 e. The number of carbonyl (C=O) groups is 2. The van der Waals surface area contributed by atoms with Gasteiger partial charge in [-0.2, -0.15) is 0 Å². The zero-order valence-electron chi connectivity index (χ0n) is 22.7. The van der Waals surface area contributed by atoms with E-state index in [1.165, 1.54) is 21.4 Å². The Bertz CT molecular complexity index is 1340. The minimum atomic E-state index is -0.483. The predicted octanol–water partition coefficient (Wildman–Crippen LogP) is 6.29. The van der Waals surface area contributed by atoms with Gasteiger partial charge in [-0.05, 0) is 59.4 Å². The van der Waals surface area contributed by atoms with Crippen LogP contribution in [-0.4, -0.2) is 46.2 Å². The van der Waals surface area contributed by atoms with Crippen LogP contribution in [0.2, 0.25) is 0 Å². The third kappa shape index (κ3) is 5.65. The van der Waals surface area contributed by atoms with Gasteiger partial charge in [0.25, 0.3) is 11.6 Å². The fourth-order valence-corrected chi connectivity index (χ4v) is 5.91. The number of carbonyl (C=O) groups excluding carboxylic acids is 2. The first-order chi connectivity index (χ1) is 18.0. The lowest BCUT2D eigenvalue weighted by Crippen LogP contribution is -2.47. The SMILES string of the molecule is CCCN(CC(=O)N1CCc2sccc2C1c1ccc(C(C)(C)C)cc1)C(=O)c1ccc(C)c([N+](=O)[O-])c1. The molecule has 0 aliphatic carbocycles.